The number of carbonyl (C=O) groups is 2. The van der Waals surface area contributed by atoms with Crippen LogP contribution < -0.4 is 5.43 Å². The maximum atomic E-state index is 13.1. The van der Waals surface area contributed by atoms with Crippen molar-refractivity contribution in [2.75, 3.05) is 6.54 Å². The molecule has 1 aromatic carbocycles. The number of aromatic amines is 1. The van der Waals surface area contributed by atoms with Gasteiger partial charge in [0.1, 0.15) is 5.69 Å². The maximum absolute atomic E-state index is 13.1. The van der Waals surface area contributed by atoms with Gasteiger partial charge in [0.2, 0.25) is 0 Å². The number of nitrogens with zero attached hydrogens (tertiary/aromatic N) is 3. The van der Waals surface area contributed by atoms with Crippen molar-refractivity contribution in [2.24, 2.45) is 5.92 Å². The summed E-state index contributed by atoms with van der Waals surface area (Å²) in [6, 6.07) is 8.33. The molecule has 0 aliphatic carbocycles. The van der Waals surface area contributed by atoms with E-state index in [4.69, 9.17) is 0 Å². The van der Waals surface area contributed by atoms with E-state index >= 15 is 0 Å². The third kappa shape index (κ3) is 3.41. The molecule has 3 aromatic rings. The minimum atomic E-state index is -1.10. The zero-order valence-corrected chi connectivity index (χ0v) is 16.3. The fourth-order valence-corrected chi connectivity index (χ4v) is 3.82. The summed E-state index contributed by atoms with van der Waals surface area (Å²) in [4.78, 5) is 41.7. The Morgan fingerprint density at radius 1 is 1.28 bits per heavy atom. The molecule has 2 N–H and O–H groups in total. The fraction of sp³-hybridized carbons (Fsp3) is 0.333. The van der Waals surface area contributed by atoms with Gasteiger partial charge in [-0.25, -0.2) is 4.79 Å². The number of H-pyrrole nitrogens is 1. The number of hydrogen-bond acceptors (Lipinski definition) is 4. The largest absolute Gasteiger partial charge is 0.476 e. The van der Waals surface area contributed by atoms with Crippen molar-refractivity contribution >= 4 is 22.8 Å². The lowest BCUT2D eigenvalue weighted by Crippen LogP contribution is -2.37. The van der Waals surface area contributed by atoms with E-state index in [-0.39, 0.29) is 29.3 Å². The highest BCUT2D eigenvalue weighted by Crippen LogP contribution is 2.25. The number of para-hydroxylation sites is 1. The molecule has 8 heteroatoms. The Bertz CT molecular complexity index is 1180. The smallest absolute Gasteiger partial charge is 0.356 e. The van der Waals surface area contributed by atoms with Gasteiger partial charge in [-0.15, -0.1) is 0 Å². The van der Waals surface area contributed by atoms with E-state index in [2.05, 4.69) is 10.1 Å². The maximum Gasteiger partial charge on any atom is 0.356 e. The summed E-state index contributed by atoms with van der Waals surface area (Å²) < 4.78 is 1.75. The average molecular weight is 394 g/mol. The summed E-state index contributed by atoms with van der Waals surface area (Å²) in [5.74, 6) is -1.10. The first-order chi connectivity index (χ1) is 13.8. The molecule has 29 heavy (non-hydrogen) atoms. The van der Waals surface area contributed by atoms with Crippen molar-refractivity contribution in [3.05, 3.63) is 63.2 Å². The summed E-state index contributed by atoms with van der Waals surface area (Å²) >= 11 is 0. The number of amides is 1. The van der Waals surface area contributed by atoms with Crippen LogP contribution in [-0.4, -0.2) is 43.2 Å². The molecule has 4 rings (SSSR count). The van der Waals surface area contributed by atoms with Gasteiger partial charge in [0.25, 0.3) is 5.91 Å². The Morgan fingerprint density at radius 2 is 2.03 bits per heavy atom. The van der Waals surface area contributed by atoms with Gasteiger partial charge in [-0.3, -0.25) is 14.3 Å². The van der Waals surface area contributed by atoms with Crippen molar-refractivity contribution in [1.82, 2.24) is 19.7 Å². The van der Waals surface area contributed by atoms with Crippen LogP contribution in [0.1, 0.15) is 46.1 Å². The fourth-order valence-electron chi connectivity index (χ4n) is 3.82. The topological polar surface area (TPSA) is 108 Å². The lowest BCUT2D eigenvalue weighted by atomic mass is 10.0. The van der Waals surface area contributed by atoms with Gasteiger partial charge in [-0.1, -0.05) is 26.0 Å². The number of pyridine rings is 1. The molecule has 0 saturated heterocycles. The lowest BCUT2D eigenvalue weighted by molar-refractivity contribution is 0.0673. The van der Waals surface area contributed by atoms with Crippen molar-refractivity contribution in [2.45, 2.75) is 33.4 Å². The first-order valence-corrected chi connectivity index (χ1v) is 9.58. The number of hydrogen-bond donors (Lipinski definition) is 2. The van der Waals surface area contributed by atoms with Gasteiger partial charge in [-0.05, 0) is 18.1 Å². The number of nitrogens with one attached hydrogen (secondary N) is 1. The van der Waals surface area contributed by atoms with Crippen LogP contribution in [0.3, 0.4) is 0 Å². The van der Waals surface area contributed by atoms with Crippen LogP contribution in [0.2, 0.25) is 0 Å². The molecule has 150 valence electrons. The summed E-state index contributed by atoms with van der Waals surface area (Å²) in [5.41, 5.74) is 2.00. The highest BCUT2D eigenvalue weighted by molar-refractivity contribution is 5.95. The normalized spacial score (nSPS) is 13.7. The minimum absolute atomic E-state index is 0.00912. The van der Waals surface area contributed by atoms with E-state index in [1.165, 1.54) is 6.07 Å². The highest BCUT2D eigenvalue weighted by Gasteiger charge is 2.31. The highest BCUT2D eigenvalue weighted by atomic mass is 16.4. The molecule has 0 unspecified atom stereocenters. The number of rotatable bonds is 4. The van der Waals surface area contributed by atoms with Gasteiger partial charge >= 0.3 is 5.97 Å². The first-order valence-electron chi connectivity index (χ1n) is 9.58. The predicted molar refractivity (Wildman–Crippen MR) is 107 cm³/mol. The van der Waals surface area contributed by atoms with E-state index < -0.39 is 5.97 Å². The molecule has 0 atom stereocenters. The third-order valence-corrected chi connectivity index (χ3v) is 5.13. The average Bonchev–Trinajstić information content (AvgIpc) is 3.05. The van der Waals surface area contributed by atoms with Gasteiger partial charge in [0, 0.05) is 47.7 Å². The van der Waals surface area contributed by atoms with Crippen molar-refractivity contribution in [3.63, 3.8) is 0 Å². The van der Waals surface area contributed by atoms with E-state index in [0.717, 1.165) is 5.69 Å². The first kappa shape index (κ1) is 18.9. The Kier molecular flexibility index (Phi) is 4.70. The molecule has 0 bridgehead atoms. The van der Waals surface area contributed by atoms with Crippen molar-refractivity contribution in [3.8, 4) is 0 Å². The molecule has 1 aliphatic rings. The second kappa shape index (κ2) is 7.20. The van der Waals surface area contributed by atoms with Crippen LogP contribution in [0.25, 0.3) is 10.9 Å². The number of carboxylic acids is 1. The monoisotopic (exact) mass is 394 g/mol. The van der Waals surface area contributed by atoms with Crippen LogP contribution in [0.5, 0.6) is 0 Å². The number of carboxylic acid groups (broad SMARTS) is 1. The molecule has 0 saturated carbocycles. The van der Waals surface area contributed by atoms with Crippen LogP contribution >= 0.6 is 0 Å². The standard InChI is InChI=1S/C21H22N4O4/c1-12(2)10-25-17-7-8-24(11-14(17)19(23-25)21(28)29)20(27)16-9-18(26)13-5-3-4-6-15(13)22-16/h3-6,9,12H,7-8,10-11H2,1-2H3,(H,22,26)(H,28,29). The summed E-state index contributed by atoms with van der Waals surface area (Å²) in [5, 5.41) is 14.4. The van der Waals surface area contributed by atoms with E-state index in [1.54, 1.807) is 33.8 Å². The van der Waals surface area contributed by atoms with E-state index in [0.29, 0.717) is 41.9 Å². The number of aromatic carboxylic acids is 1. The lowest BCUT2D eigenvalue weighted by Gasteiger charge is -2.28. The summed E-state index contributed by atoms with van der Waals surface area (Å²) in [7, 11) is 0. The van der Waals surface area contributed by atoms with Gasteiger partial charge in [0.15, 0.2) is 11.1 Å². The number of benzene rings is 1. The minimum Gasteiger partial charge on any atom is -0.476 e. The Balaban J connectivity index is 1.68. The Hall–Kier alpha value is -3.42. The second-order valence-corrected chi connectivity index (χ2v) is 7.72. The number of carbonyl (C=O) groups excluding carboxylic acids is 1. The van der Waals surface area contributed by atoms with Crippen LogP contribution in [-0.2, 0) is 19.5 Å². The quantitative estimate of drug-likeness (QED) is 0.706. The van der Waals surface area contributed by atoms with E-state index in [9.17, 15) is 19.5 Å². The molecule has 0 spiro atoms. The van der Waals surface area contributed by atoms with Gasteiger partial charge in [-0.2, -0.15) is 5.10 Å². The molecular weight excluding hydrogens is 372 g/mol. The van der Waals surface area contributed by atoms with Crippen molar-refractivity contribution in [1.29, 1.82) is 0 Å². The molecule has 0 fully saturated rings. The predicted octanol–water partition coefficient (Wildman–Crippen LogP) is 2.28. The molecular formula is C21H22N4O4. The number of fused-ring (bicyclic) bond motifs is 2. The molecule has 1 amide bonds. The van der Waals surface area contributed by atoms with Crippen LogP contribution in [0.4, 0.5) is 0 Å². The zero-order chi connectivity index (χ0) is 20.7. The molecule has 2 aromatic heterocycles. The zero-order valence-electron chi connectivity index (χ0n) is 16.3. The second-order valence-electron chi connectivity index (χ2n) is 7.72. The van der Waals surface area contributed by atoms with Crippen LogP contribution in [0.15, 0.2) is 35.1 Å². The number of aromatic nitrogens is 3. The third-order valence-electron chi connectivity index (χ3n) is 5.13. The Labute approximate surface area is 166 Å². The Morgan fingerprint density at radius 3 is 2.76 bits per heavy atom. The van der Waals surface area contributed by atoms with Crippen molar-refractivity contribution < 1.29 is 14.7 Å². The SMILES string of the molecule is CC(C)Cn1nc(C(=O)O)c2c1CCN(C(=O)c1cc(=O)c3ccccc3[nH]1)C2. The molecule has 1 aliphatic heterocycles. The van der Waals surface area contributed by atoms with Gasteiger partial charge < -0.3 is 15.0 Å². The molecule has 3 heterocycles. The molecule has 0 radical (unpaired) electrons. The molecule has 8 nitrogen and oxygen atoms in total. The van der Waals surface area contributed by atoms with Crippen LogP contribution in [0, 0.1) is 5.92 Å². The van der Waals surface area contributed by atoms with E-state index in [1.807, 2.05) is 13.8 Å². The summed E-state index contributed by atoms with van der Waals surface area (Å²) in [6.45, 7) is 5.31. The summed E-state index contributed by atoms with van der Waals surface area (Å²) in [6.07, 6.45) is 0.520. The van der Waals surface area contributed by atoms with Gasteiger partial charge in [0.05, 0.1) is 6.54 Å².